The molecule has 2 heterocycles. The zero-order valence-electron chi connectivity index (χ0n) is 11.8. The number of hydrogen-bond acceptors (Lipinski definition) is 5. The molecule has 19 heavy (non-hydrogen) atoms. The third-order valence-corrected chi connectivity index (χ3v) is 4.04. The molecule has 1 unspecified atom stereocenters. The number of hydrogen-bond donors (Lipinski definition) is 0. The summed E-state index contributed by atoms with van der Waals surface area (Å²) in [5.41, 5.74) is 0. The maximum atomic E-state index is 6.04. The van der Waals surface area contributed by atoms with Crippen molar-refractivity contribution in [1.82, 2.24) is 14.9 Å². The van der Waals surface area contributed by atoms with E-state index in [1.54, 1.807) is 7.11 Å². The Morgan fingerprint density at radius 1 is 1.32 bits per heavy atom. The Hall–Kier alpha value is -1.07. The van der Waals surface area contributed by atoms with E-state index in [9.17, 15) is 0 Å². The van der Waals surface area contributed by atoms with Crippen molar-refractivity contribution in [1.29, 1.82) is 0 Å². The monoisotopic (exact) mass is 284 g/mol. The van der Waals surface area contributed by atoms with Crippen LogP contribution < -0.4 is 9.64 Å². The van der Waals surface area contributed by atoms with Crippen molar-refractivity contribution < 1.29 is 4.74 Å². The van der Waals surface area contributed by atoms with Crippen molar-refractivity contribution in [2.75, 3.05) is 38.2 Å². The molecule has 0 saturated carbocycles. The van der Waals surface area contributed by atoms with Gasteiger partial charge in [-0.05, 0) is 13.3 Å². The average Bonchev–Trinajstić information content (AvgIpc) is 2.46. The summed E-state index contributed by atoms with van der Waals surface area (Å²) in [7, 11) is 1.60. The topological polar surface area (TPSA) is 41.5 Å². The van der Waals surface area contributed by atoms with Crippen molar-refractivity contribution in [3.63, 3.8) is 0 Å². The highest BCUT2D eigenvalue weighted by Crippen LogP contribution is 2.31. The van der Waals surface area contributed by atoms with Gasteiger partial charge in [-0.25, -0.2) is 9.97 Å². The summed E-state index contributed by atoms with van der Waals surface area (Å²) in [6.45, 7) is 8.46. The normalized spacial score (nSPS) is 18.4. The quantitative estimate of drug-likeness (QED) is 0.792. The van der Waals surface area contributed by atoms with Gasteiger partial charge in [-0.15, -0.1) is 0 Å². The lowest BCUT2D eigenvalue weighted by Gasteiger charge is -2.38. The van der Waals surface area contributed by atoms with Gasteiger partial charge in [-0.2, -0.15) is 0 Å². The van der Waals surface area contributed by atoms with Crippen molar-refractivity contribution in [2.45, 2.75) is 26.3 Å². The van der Waals surface area contributed by atoms with Crippen LogP contribution in [0, 0.1) is 0 Å². The third-order valence-electron chi connectivity index (χ3n) is 3.77. The Labute approximate surface area is 119 Å². The summed E-state index contributed by atoms with van der Waals surface area (Å²) >= 11 is 6.04. The number of ether oxygens (including phenoxy) is 1. The average molecular weight is 285 g/mol. The van der Waals surface area contributed by atoms with Gasteiger partial charge in [0, 0.05) is 32.2 Å². The molecule has 0 N–H and O–H groups in total. The molecule has 0 aromatic carbocycles. The molecular weight excluding hydrogens is 264 g/mol. The molecule has 1 saturated heterocycles. The lowest BCUT2D eigenvalue weighted by Crippen LogP contribution is -2.49. The highest BCUT2D eigenvalue weighted by atomic mass is 35.5. The first kappa shape index (κ1) is 14.3. The molecule has 0 bridgehead atoms. The molecule has 0 spiro atoms. The lowest BCUT2D eigenvalue weighted by molar-refractivity contribution is 0.192. The van der Waals surface area contributed by atoms with E-state index in [4.69, 9.17) is 16.3 Å². The Morgan fingerprint density at radius 3 is 2.58 bits per heavy atom. The van der Waals surface area contributed by atoms with E-state index in [1.807, 2.05) is 0 Å². The smallest absolute Gasteiger partial charge is 0.199 e. The SMILES string of the molecule is CCC(C)N1CCN(c2ncnc(Cl)c2OC)CC1. The summed E-state index contributed by atoms with van der Waals surface area (Å²) in [6, 6.07) is 0.637. The fourth-order valence-corrected chi connectivity index (χ4v) is 2.58. The molecule has 1 aromatic heterocycles. The summed E-state index contributed by atoms with van der Waals surface area (Å²) in [4.78, 5) is 13.0. The molecule has 1 aliphatic heterocycles. The largest absolute Gasteiger partial charge is 0.490 e. The molecule has 0 aliphatic carbocycles. The van der Waals surface area contributed by atoms with E-state index >= 15 is 0 Å². The number of methoxy groups -OCH3 is 1. The molecule has 2 rings (SSSR count). The van der Waals surface area contributed by atoms with E-state index < -0.39 is 0 Å². The van der Waals surface area contributed by atoms with Gasteiger partial charge in [0.2, 0.25) is 0 Å². The fraction of sp³-hybridized carbons (Fsp3) is 0.692. The van der Waals surface area contributed by atoms with Gasteiger partial charge in [0.1, 0.15) is 6.33 Å². The minimum Gasteiger partial charge on any atom is -0.490 e. The van der Waals surface area contributed by atoms with Crippen molar-refractivity contribution >= 4 is 17.4 Å². The number of anilines is 1. The number of piperazine rings is 1. The molecule has 1 aliphatic rings. The fourth-order valence-electron chi connectivity index (χ4n) is 2.38. The van der Waals surface area contributed by atoms with Gasteiger partial charge in [-0.3, -0.25) is 4.90 Å². The highest BCUT2D eigenvalue weighted by Gasteiger charge is 2.24. The summed E-state index contributed by atoms with van der Waals surface area (Å²) in [5, 5.41) is 0.372. The first-order valence-corrected chi connectivity index (χ1v) is 7.08. The highest BCUT2D eigenvalue weighted by molar-refractivity contribution is 6.31. The first-order valence-electron chi connectivity index (χ1n) is 6.70. The molecule has 1 aromatic rings. The maximum Gasteiger partial charge on any atom is 0.199 e. The van der Waals surface area contributed by atoms with E-state index in [2.05, 4.69) is 33.6 Å². The predicted octanol–water partition coefficient (Wildman–Crippen LogP) is 2.06. The third kappa shape index (κ3) is 3.09. The minimum absolute atomic E-state index is 0.372. The molecular formula is C13H21ClN4O. The molecule has 1 fully saturated rings. The molecule has 106 valence electrons. The zero-order valence-corrected chi connectivity index (χ0v) is 12.5. The summed E-state index contributed by atoms with van der Waals surface area (Å²) in [5.74, 6) is 1.37. The predicted molar refractivity (Wildman–Crippen MR) is 77.1 cm³/mol. The van der Waals surface area contributed by atoms with Crippen LogP contribution in [0.25, 0.3) is 0 Å². The molecule has 0 amide bonds. The molecule has 0 radical (unpaired) electrons. The second kappa shape index (κ2) is 6.39. The Balaban J connectivity index is 2.08. The van der Waals surface area contributed by atoms with Crippen LogP contribution in [-0.2, 0) is 0 Å². The van der Waals surface area contributed by atoms with Crippen LogP contribution in [0.3, 0.4) is 0 Å². The summed E-state index contributed by atoms with van der Waals surface area (Å²) in [6.07, 6.45) is 2.67. The summed E-state index contributed by atoms with van der Waals surface area (Å²) < 4.78 is 5.31. The van der Waals surface area contributed by atoms with Crippen molar-refractivity contribution in [2.24, 2.45) is 0 Å². The molecule has 6 heteroatoms. The van der Waals surface area contributed by atoms with E-state index in [-0.39, 0.29) is 0 Å². The van der Waals surface area contributed by atoms with Gasteiger partial charge in [0.05, 0.1) is 7.11 Å². The first-order chi connectivity index (χ1) is 9.17. The van der Waals surface area contributed by atoms with Crippen molar-refractivity contribution in [3.8, 4) is 5.75 Å². The van der Waals surface area contributed by atoms with Crippen molar-refractivity contribution in [3.05, 3.63) is 11.5 Å². The Morgan fingerprint density at radius 2 is 2.00 bits per heavy atom. The lowest BCUT2D eigenvalue weighted by atomic mass is 10.2. The van der Waals surface area contributed by atoms with Crippen LogP contribution in [0.5, 0.6) is 5.75 Å². The van der Waals surface area contributed by atoms with E-state index in [0.717, 1.165) is 32.0 Å². The van der Waals surface area contributed by atoms with Crippen LogP contribution in [0.1, 0.15) is 20.3 Å². The maximum absolute atomic E-state index is 6.04. The Bertz CT molecular complexity index is 421. The van der Waals surface area contributed by atoms with Crippen LogP contribution >= 0.6 is 11.6 Å². The van der Waals surface area contributed by atoms with Crippen LogP contribution in [0.4, 0.5) is 5.82 Å². The van der Waals surface area contributed by atoms with Gasteiger partial charge >= 0.3 is 0 Å². The number of halogens is 1. The van der Waals surface area contributed by atoms with Crippen LogP contribution in [0.2, 0.25) is 5.15 Å². The van der Waals surface area contributed by atoms with Crippen LogP contribution in [0.15, 0.2) is 6.33 Å². The standard InChI is InChI=1S/C13H21ClN4O/c1-4-10(2)17-5-7-18(8-6-17)13-11(19-3)12(14)15-9-16-13/h9-10H,4-8H2,1-3H3. The molecule has 5 nitrogen and oxygen atoms in total. The van der Waals surface area contributed by atoms with Gasteiger partial charge in [0.15, 0.2) is 16.7 Å². The Kier molecular flexibility index (Phi) is 4.82. The van der Waals surface area contributed by atoms with Gasteiger partial charge < -0.3 is 9.64 Å². The minimum atomic E-state index is 0.372. The second-order valence-electron chi connectivity index (χ2n) is 4.80. The number of nitrogens with zero attached hydrogens (tertiary/aromatic N) is 4. The van der Waals surface area contributed by atoms with Gasteiger partial charge in [-0.1, -0.05) is 18.5 Å². The zero-order chi connectivity index (χ0) is 13.8. The number of aromatic nitrogens is 2. The molecule has 1 atom stereocenters. The van der Waals surface area contributed by atoms with E-state index in [1.165, 1.54) is 12.7 Å². The van der Waals surface area contributed by atoms with Crippen LogP contribution in [-0.4, -0.2) is 54.2 Å². The number of rotatable bonds is 4. The van der Waals surface area contributed by atoms with Gasteiger partial charge in [0.25, 0.3) is 0 Å². The van der Waals surface area contributed by atoms with E-state index in [0.29, 0.717) is 16.9 Å². The second-order valence-corrected chi connectivity index (χ2v) is 5.16.